The van der Waals surface area contributed by atoms with Crippen molar-refractivity contribution in [3.05, 3.63) is 83.9 Å². The standard InChI is InChI=1S/C27H28N6O3/c1-36-22-12-10-20(11-13-22)19-6-2-17(3-7-19)14-15-30-27-32-24(31-26(29)33-27)21-8-4-18(5-9-21)16-23(28)25(34)35/h2-13,23H,14-16,28H2,1H3,(H,34,35)(H3,29,30,31,32,33). The van der Waals surface area contributed by atoms with Crippen molar-refractivity contribution in [2.24, 2.45) is 5.73 Å². The van der Waals surface area contributed by atoms with Gasteiger partial charge in [0.15, 0.2) is 5.82 Å². The number of methoxy groups -OCH3 is 1. The molecule has 184 valence electrons. The van der Waals surface area contributed by atoms with E-state index in [4.69, 9.17) is 21.3 Å². The first kappa shape index (κ1) is 24.6. The Morgan fingerprint density at radius 1 is 0.889 bits per heavy atom. The molecule has 1 atom stereocenters. The fourth-order valence-electron chi connectivity index (χ4n) is 3.70. The molecule has 0 spiro atoms. The van der Waals surface area contributed by atoms with Gasteiger partial charge >= 0.3 is 5.97 Å². The third-order valence-corrected chi connectivity index (χ3v) is 5.71. The Morgan fingerprint density at radius 3 is 2.08 bits per heavy atom. The number of nitrogens with one attached hydrogen (secondary N) is 1. The van der Waals surface area contributed by atoms with Gasteiger partial charge in [-0.1, -0.05) is 60.7 Å². The molecule has 0 radical (unpaired) electrons. The van der Waals surface area contributed by atoms with Crippen LogP contribution in [0.2, 0.25) is 0 Å². The van der Waals surface area contributed by atoms with Gasteiger partial charge in [0.1, 0.15) is 11.8 Å². The molecule has 6 N–H and O–H groups in total. The lowest BCUT2D eigenvalue weighted by atomic mass is 10.0. The van der Waals surface area contributed by atoms with Crippen LogP contribution in [0.15, 0.2) is 72.8 Å². The highest BCUT2D eigenvalue weighted by molar-refractivity contribution is 5.73. The van der Waals surface area contributed by atoms with Crippen molar-refractivity contribution in [1.29, 1.82) is 0 Å². The molecule has 1 unspecified atom stereocenters. The maximum atomic E-state index is 11.0. The summed E-state index contributed by atoms with van der Waals surface area (Å²) < 4.78 is 5.22. The number of hydrogen-bond acceptors (Lipinski definition) is 8. The Kier molecular flexibility index (Phi) is 7.72. The molecule has 0 amide bonds. The van der Waals surface area contributed by atoms with Gasteiger partial charge < -0.3 is 26.6 Å². The number of carboxylic acid groups (broad SMARTS) is 1. The highest BCUT2D eigenvalue weighted by atomic mass is 16.5. The summed E-state index contributed by atoms with van der Waals surface area (Å²) in [5, 5.41) is 12.2. The van der Waals surface area contributed by atoms with Gasteiger partial charge in [-0.15, -0.1) is 0 Å². The Balaban J connectivity index is 1.36. The number of benzene rings is 3. The predicted molar refractivity (Wildman–Crippen MR) is 140 cm³/mol. The van der Waals surface area contributed by atoms with Crippen LogP contribution in [0, 0.1) is 0 Å². The fourth-order valence-corrected chi connectivity index (χ4v) is 3.70. The van der Waals surface area contributed by atoms with Crippen molar-refractivity contribution >= 4 is 17.9 Å². The van der Waals surface area contributed by atoms with Crippen LogP contribution in [-0.4, -0.2) is 45.7 Å². The third kappa shape index (κ3) is 6.34. The van der Waals surface area contributed by atoms with Crippen LogP contribution in [0.25, 0.3) is 22.5 Å². The largest absolute Gasteiger partial charge is 0.497 e. The van der Waals surface area contributed by atoms with Crippen LogP contribution in [0.5, 0.6) is 5.75 Å². The Hall–Kier alpha value is -4.50. The Morgan fingerprint density at radius 2 is 1.47 bits per heavy atom. The summed E-state index contributed by atoms with van der Waals surface area (Å²) in [7, 11) is 1.66. The van der Waals surface area contributed by atoms with E-state index >= 15 is 0 Å². The second-order valence-electron chi connectivity index (χ2n) is 8.29. The predicted octanol–water partition coefficient (Wildman–Crippen LogP) is 3.41. The molecule has 0 saturated heterocycles. The molecule has 3 aromatic carbocycles. The lowest BCUT2D eigenvalue weighted by molar-refractivity contribution is -0.138. The second kappa shape index (κ2) is 11.3. The molecule has 9 nitrogen and oxygen atoms in total. The number of rotatable bonds is 10. The van der Waals surface area contributed by atoms with Gasteiger partial charge in [0.25, 0.3) is 0 Å². The number of carbonyl (C=O) groups is 1. The highest BCUT2D eigenvalue weighted by Gasteiger charge is 2.13. The van der Waals surface area contributed by atoms with Crippen LogP contribution in [0.3, 0.4) is 0 Å². The summed E-state index contributed by atoms with van der Waals surface area (Å²) in [4.78, 5) is 23.9. The topological polar surface area (TPSA) is 149 Å². The number of anilines is 2. The molecule has 36 heavy (non-hydrogen) atoms. The first-order valence-electron chi connectivity index (χ1n) is 11.5. The number of carboxylic acids is 1. The SMILES string of the molecule is COc1ccc(-c2ccc(CCNc3nc(N)nc(-c4ccc(CC(N)C(=O)O)cc4)n3)cc2)cc1. The Labute approximate surface area is 209 Å². The van der Waals surface area contributed by atoms with E-state index in [1.165, 1.54) is 5.56 Å². The normalized spacial score (nSPS) is 11.6. The zero-order valence-electron chi connectivity index (χ0n) is 19.9. The van der Waals surface area contributed by atoms with Crippen molar-refractivity contribution in [2.45, 2.75) is 18.9 Å². The highest BCUT2D eigenvalue weighted by Crippen LogP contribution is 2.23. The molecule has 0 aliphatic carbocycles. The molecule has 0 fully saturated rings. The quantitative estimate of drug-likeness (QED) is 0.266. The van der Waals surface area contributed by atoms with E-state index < -0.39 is 12.0 Å². The molecule has 1 heterocycles. The van der Waals surface area contributed by atoms with E-state index in [1.54, 1.807) is 19.2 Å². The smallest absolute Gasteiger partial charge is 0.320 e. The van der Waals surface area contributed by atoms with Crippen LogP contribution < -0.4 is 21.5 Å². The molecular formula is C27H28N6O3. The zero-order chi connectivity index (χ0) is 25.5. The number of ether oxygens (including phenoxy) is 1. The summed E-state index contributed by atoms with van der Waals surface area (Å²) in [5.74, 6) is 0.741. The van der Waals surface area contributed by atoms with Crippen molar-refractivity contribution in [3.63, 3.8) is 0 Å². The lowest BCUT2D eigenvalue weighted by Crippen LogP contribution is -2.32. The van der Waals surface area contributed by atoms with E-state index in [-0.39, 0.29) is 12.4 Å². The maximum absolute atomic E-state index is 11.0. The molecular weight excluding hydrogens is 456 g/mol. The van der Waals surface area contributed by atoms with Gasteiger partial charge in [-0.2, -0.15) is 15.0 Å². The maximum Gasteiger partial charge on any atom is 0.320 e. The van der Waals surface area contributed by atoms with Gasteiger partial charge in [-0.05, 0) is 47.2 Å². The van der Waals surface area contributed by atoms with E-state index in [2.05, 4.69) is 44.5 Å². The van der Waals surface area contributed by atoms with E-state index in [0.29, 0.717) is 18.3 Å². The van der Waals surface area contributed by atoms with Crippen LogP contribution in [0.4, 0.5) is 11.9 Å². The second-order valence-corrected chi connectivity index (χ2v) is 8.29. The number of nitrogens with two attached hydrogens (primary N) is 2. The number of nitrogen functional groups attached to an aromatic ring is 1. The van der Waals surface area contributed by atoms with Gasteiger partial charge in [0.05, 0.1) is 7.11 Å². The van der Waals surface area contributed by atoms with Crippen molar-refractivity contribution in [2.75, 3.05) is 24.7 Å². The van der Waals surface area contributed by atoms with Crippen LogP contribution >= 0.6 is 0 Å². The van der Waals surface area contributed by atoms with Crippen molar-refractivity contribution in [3.8, 4) is 28.3 Å². The number of aromatic nitrogens is 3. The minimum atomic E-state index is -1.03. The molecule has 0 aliphatic rings. The third-order valence-electron chi connectivity index (χ3n) is 5.71. The summed E-state index contributed by atoms with van der Waals surface area (Å²) in [5.41, 5.74) is 16.5. The number of hydrogen-bond donors (Lipinski definition) is 4. The molecule has 1 aromatic heterocycles. The lowest BCUT2D eigenvalue weighted by Gasteiger charge is -2.09. The summed E-state index contributed by atoms with van der Waals surface area (Å²) in [6.45, 7) is 0.622. The van der Waals surface area contributed by atoms with E-state index in [1.807, 2.05) is 36.4 Å². The number of nitrogens with zero attached hydrogens (tertiary/aromatic N) is 3. The van der Waals surface area contributed by atoms with Crippen LogP contribution in [-0.2, 0) is 17.6 Å². The molecule has 4 aromatic rings. The summed E-state index contributed by atoms with van der Waals surface area (Å²) in [6.07, 6.45) is 1.02. The van der Waals surface area contributed by atoms with Gasteiger partial charge in [0, 0.05) is 12.1 Å². The molecule has 0 aliphatic heterocycles. The average Bonchev–Trinajstić information content (AvgIpc) is 2.89. The summed E-state index contributed by atoms with van der Waals surface area (Å²) in [6, 6.07) is 22.7. The number of aliphatic carboxylic acids is 1. The van der Waals surface area contributed by atoms with Crippen LogP contribution in [0.1, 0.15) is 11.1 Å². The van der Waals surface area contributed by atoms with Gasteiger partial charge in [-0.3, -0.25) is 4.79 Å². The molecule has 0 saturated carbocycles. The van der Waals surface area contributed by atoms with Crippen molar-refractivity contribution in [1.82, 2.24) is 15.0 Å². The van der Waals surface area contributed by atoms with E-state index in [9.17, 15) is 4.79 Å². The van der Waals surface area contributed by atoms with E-state index in [0.717, 1.165) is 34.4 Å². The molecule has 9 heteroatoms. The van der Waals surface area contributed by atoms with Crippen molar-refractivity contribution < 1.29 is 14.6 Å². The first-order chi connectivity index (χ1) is 17.4. The van der Waals surface area contributed by atoms with Gasteiger partial charge in [-0.25, -0.2) is 0 Å². The minimum absolute atomic E-state index is 0.114. The molecule has 0 bridgehead atoms. The Bertz CT molecular complexity index is 1310. The molecule has 4 rings (SSSR count). The van der Waals surface area contributed by atoms with Gasteiger partial charge in [0.2, 0.25) is 11.9 Å². The first-order valence-corrected chi connectivity index (χ1v) is 11.5. The monoisotopic (exact) mass is 484 g/mol. The average molecular weight is 485 g/mol. The minimum Gasteiger partial charge on any atom is -0.497 e. The summed E-state index contributed by atoms with van der Waals surface area (Å²) >= 11 is 0. The zero-order valence-corrected chi connectivity index (χ0v) is 19.9. The fraction of sp³-hybridized carbons (Fsp3) is 0.185.